The van der Waals surface area contributed by atoms with Gasteiger partial charge in [0.15, 0.2) is 5.16 Å². The molecule has 0 radical (unpaired) electrons. The molecule has 0 bridgehead atoms. The Morgan fingerprint density at radius 2 is 1.85 bits per heavy atom. The molecular formula is C24H28ClN5O2S. The predicted molar refractivity (Wildman–Crippen MR) is 133 cm³/mol. The number of amides is 2. The van der Waals surface area contributed by atoms with Gasteiger partial charge in [-0.05, 0) is 48.7 Å². The summed E-state index contributed by atoms with van der Waals surface area (Å²) in [6.45, 7) is 4.75. The van der Waals surface area contributed by atoms with Crippen LogP contribution in [0.25, 0.3) is 0 Å². The Hall–Kier alpha value is -2.84. The van der Waals surface area contributed by atoms with Crippen LogP contribution >= 0.6 is 23.4 Å². The third kappa shape index (κ3) is 6.36. The van der Waals surface area contributed by atoms with Crippen LogP contribution in [0.4, 0.5) is 5.69 Å². The van der Waals surface area contributed by atoms with Crippen molar-refractivity contribution in [1.82, 2.24) is 20.1 Å². The monoisotopic (exact) mass is 485 g/mol. The topological polar surface area (TPSA) is 88.9 Å². The van der Waals surface area contributed by atoms with Gasteiger partial charge in [-0.25, -0.2) is 0 Å². The Morgan fingerprint density at radius 3 is 2.48 bits per heavy atom. The molecule has 0 aliphatic rings. The van der Waals surface area contributed by atoms with E-state index in [9.17, 15) is 9.59 Å². The van der Waals surface area contributed by atoms with Gasteiger partial charge in [-0.15, -0.1) is 10.2 Å². The van der Waals surface area contributed by atoms with Crippen molar-refractivity contribution in [1.29, 1.82) is 0 Å². The first kappa shape index (κ1) is 24.8. The zero-order valence-electron chi connectivity index (χ0n) is 19.0. The summed E-state index contributed by atoms with van der Waals surface area (Å²) in [5.41, 5.74) is 2.04. The van der Waals surface area contributed by atoms with Gasteiger partial charge in [0.25, 0.3) is 5.91 Å². The van der Waals surface area contributed by atoms with E-state index in [4.69, 9.17) is 11.6 Å². The smallest absolute Gasteiger partial charge is 0.251 e. The Kier molecular flexibility index (Phi) is 8.52. The highest BCUT2D eigenvalue weighted by Crippen LogP contribution is 2.32. The molecular weight excluding hydrogens is 458 g/mol. The van der Waals surface area contributed by atoms with Crippen LogP contribution in [0.3, 0.4) is 0 Å². The highest BCUT2D eigenvalue weighted by Gasteiger charge is 2.29. The summed E-state index contributed by atoms with van der Waals surface area (Å²) in [7, 11) is 1.82. The Balaban J connectivity index is 1.61. The summed E-state index contributed by atoms with van der Waals surface area (Å²) in [5.74, 6) is -0.168. The lowest BCUT2D eigenvalue weighted by Gasteiger charge is -2.32. The van der Waals surface area contributed by atoms with Crippen molar-refractivity contribution >= 4 is 40.9 Å². The summed E-state index contributed by atoms with van der Waals surface area (Å²) < 4.78 is 1.75. The molecule has 2 amide bonds. The molecule has 0 atom stereocenters. The summed E-state index contributed by atoms with van der Waals surface area (Å²) in [5, 5.41) is 15.0. The number of benzene rings is 2. The Bertz CT molecular complexity index is 1100. The van der Waals surface area contributed by atoms with Gasteiger partial charge in [0, 0.05) is 35.3 Å². The van der Waals surface area contributed by atoms with Crippen molar-refractivity contribution < 1.29 is 9.59 Å². The van der Waals surface area contributed by atoms with Crippen molar-refractivity contribution in [2.45, 2.75) is 37.3 Å². The number of nitrogens with one attached hydrogen (secondary N) is 2. The summed E-state index contributed by atoms with van der Waals surface area (Å²) >= 11 is 7.35. The van der Waals surface area contributed by atoms with Gasteiger partial charge in [-0.3, -0.25) is 9.59 Å². The van der Waals surface area contributed by atoms with Gasteiger partial charge in [0.2, 0.25) is 5.91 Å². The van der Waals surface area contributed by atoms with Crippen LogP contribution in [0, 0.1) is 0 Å². The van der Waals surface area contributed by atoms with Crippen molar-refractivity contribution in [2.24, 2.45) is 7.05 Å². The van der Waals surface area contributed by atoms with E-state index in [0.29, 0.717) is 28.0 Å². The Labute approximate surface area is 203 Å². The van der Waals surface area contributed by atoms with Crippen LogP contribution in [-0.4, -0.2) is 38.9 Å². The number of hydrogen-bond donors (Lipinski definition) is 2. The second-order valence-corrected chi connectivity index (χ2v) is 9.20. The van der Waals surface area contributed by atoms with Crippen molar-refractivity contribution in [3.8, 4) is 0 Å². The van der Waals surface area contributed by atoms with E-state index in [1.54, 1.807) is 35.2 Å². The fourth-order valence-corrected chi connectivity index (χ4v) is 4.45. The lowest BCUT2D eigenvalue weighted by molar-refractivity contribution is -0.113. The summed E-state index contributed by atoms with van der Waals surface area (Å²) in [6.07, 6.45) is 3.34. The van der Waals surface area contributed by atoms with Crippen molar-refractivity contribution in [3.05, 3.63) is 71.0 Å². The molecule has 33 heavy (non-hydrogen) atoms. The standard InChI is InChI=1S/C24H28ClN5O2S/c1-4-24(5-2,18-9-11-19(25)12-10-18)15-26-22(32)17-7-6-8-20(13-17)28-21(31)14-33-23-29-27-16-30(23)3/h6-13,16H,4-5,14-15H2,1-3H3,(H,26,32)(H,28,31). The van der Waals surface area contributed by atoms with Crippen LogP contribution in [0.5, 0.6) is 0 Å². The fraction of sp³-hybridized carbons (Fsp3) is 0.333. The highest BCUT2D eigenvalue weighted by molar-refractivity contribution is 7.99. The van der Waals surface area contributed by atoms with Crippen LogP contribution in [0.1, 0.15) is 42.6 Å². The van der Waals surface area contributed by atoms with E-state index in [0.717, 1.165) is 18.4 Å². The molecule has 0 unspecified atom stereocenters. The zero-order chi connectivity index (χ0) is 23.8. The molecule has 3 rings (SSSR count). The number of aryl methyl sites for hydroxylation is 1. The van der Waals surface area contributed by atoms with E-state index < -0.39 is 0 Å². The molecule has 0 spiro atoms. The first-order valence-corrected chi connectivity index (χ1v) is 12.1. The number of nitrogens with zero attached hydrogens (tertiary/aromatic N) is 3. The first-order valence-electron chi connectivity index (χ1n) is 10.8. The van der Waals surface area contributed by atoms with Crippen molar-refractivity contribution in [3.63, 3.8) is 0 Å². The molecule has 2 aromatic carbocycles. The molecule has 7 nitrogen and oxygen atoms in total. The molecule has 0 saturated heterocycles. The van der Waals surface area contributed by atoms with Crippen molar-refractivity contribution in [2.75, 3.05) is 17.6 Å². The number of carbonyl (C=O) groups is 2. The number of hydrogen-bond acceptors (Lipinski definition) is 5. The molecule has 0 aliphatic heterocycles. The predicted octanol–water partition coefficient (Wildman–Crippen LogP) is 4.69. The number of anilines is 1. The molecule has 2 N–H and O–H groups in total. The number of halogens is 1. The molecule has 0 fully saturated rings. The molecule has 0 saturated carbocycles. The lowest BCUT2D eigenvalue weighted by atomic mass is 9.75. The maximum atomic E-state index is 12.9. The van der Waals surface area contributed by atoms with E-state index in [1.165, 1.54) is 11.8 Å². The maximum Gasteiger partial charge on any atom is 0.251 e. The third-order valence-electron chi connectivity index (χ3n) is 5.81. The van der Waals surface area contributed by atoms with E-state index in [2.05, 4.69) is 34.7 Å². The van der Waals surface area contributed by atoms with Gasteiger partial charge < -0.3 is 15.2 Å². The van der Waals surface area contributed by atoms with Crippen LogP contribution in [-0.2, 0) is 17.3 Å². The highest BCUT2D eigenvalue weighted by atomic mass is 35.5. The quantitative estimate of drug-likeness (QED) is 0.407. The molecule has 0 aliphatic carbocycles. The summed E-state index contributed by atoms with van der Waals surface area (Å²) in [6, 6.07) is 14.8. The minimum Gasteiger partial charge on any atom is -0.351 e. The third-order valence-corrected chi connectivity index (χ3v) is 7.09. The molecule has 1 aromatic heterocycles. The van der Waals surface area contributed by atoms with Crippen LogP contribution in [0.2, 0.25) is 5.02 Å². The number of rotatable bonds is 10. The zero-order valence-corrected chi connectivity index (χ0v) is 20.5. The normalized spacial score (nSPS) is 11.3. The average molecular weight is 486 g/mol. The molecule has 1 heterocycles. The van der Waals surface area contributed by atoms with Gasteiger partial charge >= 0.3 is 0 Å². The van der Waals surface area contributed by atoms with E-state index in [-0.39, 0.29) is 23.0 Å². The molecule has 174 valence electrons. The number of aromatic nitrogens is 3. The minimum absolute atomic E-state index is 0.177. The maximum absolute atomic E-state index is 12.9. The van der Waals surface area contributed by atoms with Gasteiger partial charge in [0.05, 0.1) is 5.75 Å². The van der Waals surface area contributed by atoms with Gasteiger partial charge in [-0.2, -0.15) is 0 Å². The number of carbonyl (C=O) groups excluding carboxylic acids is 2. The largest absolute Gasteiger partial charge is 0.351 e. The lowest BCUT2D eigenvalue weighted by Crippen LogP contribution is -2.40. The SMILES string of the molecule is CCC(CC)(CNC(=O)c1cccc(NC(=O)CSc2nncn2C)c1)c1ccc(Cl)cc1. The molecule has 3 aromatic rings. The van der Waals surface area contributed by atoms with Crippen LogP contribution in [0.15, 0.2) is 60.0 Å². The molecule has 9 heteroatoms. The second-order valence-electron chi connectivity index (χ2n) is 7.82. The van der Waals surface area contributed by atoms with E-state index >= 15 is 0 Å². The minimum atomic E-state index is -0.181. The summed E-state index contributed by atoms with van der Waals surface area (Å²) in [4.78, 5) is 25.2. The second kappa shape index (κ2) is 11.3. The van der Waals surface area contributed by atoms with Gasteiger partial charge in [-0.1, -0.05) is 55.4 Å². The average Bonchev–Trinajstić information content (AvgIpc) is 3.24. The Morgan fingerprint density at radius 1 is 1.12 bits per heavy atom. The van der Waals surface area contributed by atoms with Gasteiger partial charge in [0.1, 0.15) is 6.33 Å². The van der Waals surface area contributed by atoms with E-state index in [1.807, 2.05) is 31.3 Å². The first-order chi connectivity index (χ1) is 15.9. The fourth-order valence-electron chi connectivity index (χ4n) is 3.63. The number of thioether (sulfide) groups is 1. The van der Waals surface area contributed by atoms with Crippen LogP contribution < -0.4 is 10.6 Å².